The highest BCUT2D eigenvalue weighted by Gasteiger charge is 2.11. The molecule has 5 heteroatoms. The number of aromatic nitrogens is 5. The van der Waals surface area contributed by atoms with Crippen molar-refractivity contribution >= 4 is 0 Å². The van der Waals surface area contributed by atoms with E-state index in [4.69, 9.17) is 0 Å². The molecule has 0 aliphatic heterocycles. The number of hydrogen-bond acceptors (Lipinski definition) is 5. The summed E-state index contributed by atoms with van der Waals surface area (Å²) in [6.07, 6.45) is 3.58. The molecule has 3 heterocycles. The molecule has 0 unspecified atom stereocenters. The summed E-state index contributed by atoms with van der Waals surface area (Å²) < 4.78 is 0. The van der Waals surface area contributed by atoms with Gasteiger partial charge in [-0.3, -0.25) is 9.97 Å². The van der Waals surface area contributed by atoms with Crippen LogP contribution in [0.2, 0.25) is 0 Å². The minimum Gasteiger partial charge on any atom is -0.256 e. The van der Waals surface area contributed by atoms with Gasteiger partial charge < -0.3 is 0 Å². The van der Waals surface area contributed by atoms with Crippen LogP contribution in [-0.4, -0.2) is 24.9 Å². The van der Waals surface area contributed by atoms with Gasteiger partial charge >= 0.3 is 0 Å². The summed E-state index contributed by atoms with van der Waals surface area (Å²) in [5.41, 5.74) is 4.71. The Kier molecular flexibility index (Phi) is 4.19. The molecule has 0 saturated heterocycles. The van der Waals surface area contributed by atoms with Crippen molar-refractivity contribution in [1.82, 2.24) is 24.9 Å². The van der Waals surface area contributed by atoms with Crippen LogP contribution < -0.4 is 0 Å². The molecule has 0 fully saturated rings. The second-order valence-corrected chi connectivity index (χ2v) is 5.98. The van der Waals surface area contributed by atoms with Gasteiger partial charge in [0, 0.05) is 29.1 Å². The van der Waals surface area contributed by atoms with Crippen molar-refractivity contribution in [3.05, 3.63) is 78.6 Å². The quantitative estimate of drug-likeness (QED) is 0.557. The summed E-state index contributed by atoms with van der Waals surface area (Å²) >= 11 is 0. The molecule has 1 aromatic carbocycles. The van der Waals surface area contributed by atoms with Crippen LogP contribution in [0.5, 0.6) is 0 Å². The molecule has 0 aliphatic carbocycles. The van der Waals surface area contributed by atoms with Crippen molar-refractivity contribution in [3.8, 4) is 33.9 Å². The van der Waals surface area contributed by atoms with Gasteiger partial charge in [-0.1, -0.05) is 12.1 Å². The van der Waals surface area contributed by atoms with E-state index >= 15 is 0 Å². The summed E-state index contributed by atoms with van der Waals surface area (Å²) in [5.74, 6) is 2.07. The van der Waals surface area contributed by atoms with E-state index < -0.39 is 0 Å². The fourth-order valence-electron chi connectivity index (χ4n) is 2.86. The Bertz CT molecular complexity index is 968. The number of hydrogen-bond donors (Lipinski definition) is 0. The molecule has 0 atom stereocenters. The molecule has 126 valence electrons. The van der Waals surface area contributed by atoms with Crippen LogP contribution >= 0.6 is 0 Å². The number of nitrogens with zero attached hydrogens (tertiary/aromatic N) is 5. The summed E-state index contributed by atoms with van der Waals surface area (Å²) in [7, 11) is 0. The van der Waals surface area contributed by atoms with E-state index in [0.29, 0.717) is 17.5 Å². The lowest BCUT2D eigenvalue weighted by molar-refractivity contribution is 0.928. The van der Waals surface area contributed by atoms with Crippen LogP contribution in [0, 0.1) is 13.8 Å². The third-order valence-corrected chi connectivity index (χ3v) is 3.97. The van der Waals surface area contributed by atoms with Gasteiger partial charge in [-0.05, 0) is 56.3 Å². The van der Waals surface area contributed by atoms with Gasteiger partial charge in [-0.15, -0.1) is 0 Å². The average Bonchev–Trinajstić information content (AvgIpc) is 2.68. The first kappa shape index (κ1) is 16.0. The molecule has 0 bridgehead atoms. The van der Waals surface area contributed by atoms with Crippen LogP contribution in [0.15, 0.2) is 67.0 Å². The van der Waals surface area contributed by atoms with Crippen LogP contribution in [0.1, 0.15) is 11.6 Å². The molecule has 0 saturated carbocycles. The first-order chi connectivity index (χ1) is 12.7. The van der Waals surface area contributed by atoms with E-state index in [-0.39, 0.29) is 0 Å². The molecule has 0 aliphatic rings. The first-order valence-electron chi connectivity index (χ1n) is 8.36. The molecule has 5 nitrogen and oxygen atoms in total. The molecule has 0 spiro atoms. The summed E-state index contributed by atoms with van der Waals surface area (Å²) in [6, 6.07) is 18.0. The van der Waals surface area contributed by atoms with Crippen molar-refractivity contribution in [2.24, 2.45) is 0 Å². The van der Waals surface area contributed by atoms with Gasteiger partial charge in [0.15, 0.2) is 5.82 Å². The Morgan fingerprint density at radius 1 is 0.577 bits per heavy atom. The van der Waals surface area contributed by atoms with Crippen LogP contribution in [-0.2, 0) is 0 Å². The smallest absolute Gasteiger partial charge is 0.163 e. The third kappa shape index (κ3) is 3.32. The molecule has 0 N–H and O–H groups in total. The molecular weight excluding hydrogens is 322 g/mol. The highest BCUT2D eigenvalue weighted by molar-refractivity contribution is 5.77. The Morgan fingerprint density at radius 2 is 1.08 bits per heavy atom. The van der Waals surface area contributed by atoms with E-state index in [1.807, 2.05) is 50.2 Å². The zero-order valence-corrected chi connectivity index (χ0v) is 14.6. The van der Waals surface area contributed by atoms with Gasteiger partial charge in [0.05, 0.1) is 11.4 Å². The molecule has 4 aromatic rings. The summed E-state index contributed by atoms with van der Waals surface area (Å²) in [6.45, 7) is 3.75. The van der Waals surface area contributed by atoms with Crippen molar-refractivity contribution in [1.29, 1.82) is 0 Å². The fraction of sp³-hybridized carbons (Fsp3) is 0.0952. The maximum absolute atomic E-state index is 4.51. The second kappa shape index (κ2) is 6.80. The number of benzene rings is 1. The normalized spacial score (nSPS) is 10.7. The fourth-order valence-corrected chi connectivity index (χ4v) is 2.86. The maximum Gasteiger partial charge on any atom is 0.163 e. The van der Waals surface area contributed by atoms with Gasteiger partial charge in [-0.25, -0.2) is 15.0 Å². The van der Waals surface area contributed by atoms with Gasteiger partial charge in [-0.2, -0.15) is 0 Å². The van der Waals surface area contributed by atoms with Gasteiger partial charge in [0.1, 0.15) is 11.6 Å². The topological polar surface area (TPSA) is 64.5 Å². The number of pyridine rings is 2. The molecule has 26 heavy (non-hydrogen) atoms. The number of rotatable bonds is 3. The summed E-state index contributed by atoms with van der Waals surface area (Å²) in [5, 5.41) is 0. The predicted octanol–water partition coefficient (Wildman–Crippen LogP) is 4.28. The maximum atomic E-state index is 4.51. The van der Waals surface area contributed by atoms with E-state index in [1.54, 1.807) is 12.4 Å². The molecular formula is C21H17N5. The second-order valence-electron chi connectivity index (χ2n) is 5.98. The highest BCUT2D eigenvalue weighted by Crippen LogP contribution is 2.30. The molecule has 0 radical (unpaired) electrons. The Labute approximate surface area is 151 Å². The molecule has 3 aromatic heterocycles. The van der Waals surface area contributed by atoms with Gasteiger partial charge in [0.2, 0.25) is 0 Å². The molecule has 0 amide bonds. The zero-order valence-electron chi connectivity index (χ0n) is 14.6. The Balaban J connectivity index is 1.93. The summed E-state index contributed by atoms with van der Waals surface area (Å²) in [4.78, 5) is 22.3. The average molecular weight is 339 g/mol. The van der Waals surface area contributed by atoms with E-state index in [2.05, 4.69) is 43.1 Å². The van der Waals surface area contributed by atoms with Crippen LogP contribution in [0.25, 0.3) is 33.9 Å². The Morgan fingerprint density at radius 3 is 1.54 bits per heavy atom. The first-order valence-corrected chi connectivity index (χ1v) is 8.36. The lowest BCUT2D eigenvalue weighted by Gasteiger charge is -2.10. The van der Waals surface area contributed by atoms with Crippen molar-refractivity contribution in [2.75, 3.05) is 0 Å². The highest BCUT2D eigenvalue weighted by atomic mass is 15.0. The SMILES string of the molecule is Cc1nc(C)nc(-c2cc(-c3ccccn3)cc(-c3ccccn3)c2)n1. The monoisotopic (exact) mass is 339 g/mol. The van der Waals surface area contributed by atoms with Crippen molar-refractivity contribution in [2.45, 2.75) is 13.8 Å². The number of aryl methyl sites for hydroxylation is 2. The van der Waals surface area contributed by atoms with Crippen molar-refractivity contribution in [3.63, 3.8) is 0 Å². The molecule has 4 rings (SSSR count). The van der Waals surface area contributed by atoms with E-state index in [0.717, 1.165) is 28.1 Å². The van der Waals surface area contributed by atoms with E-state index in [9.17, 15) is 0 Å². The van der Waals surface area contributed by atoms with Crippen LogP contribution in [0.3, 0.4) is 0 Å². The minimum atomic E-state index is 0.657. The third-order valence-electron chi connectivity index (χ3n) is 3.97. The zero-order chi connectivity index (χ0) is 17.9. The standard InChI is InChI=1S/C21H17N5/c1-14-24-15(2)26-21(25-14)18-12-16(19-7-3-5-9-22-19)11-17(13-18)20-8-4-6-10-23-20/h3-13H,1-2H3. The van der Waals surface area contributed by atoms with Crippen molar-refractivity contribution < 1.29 is 0 Å². The minimum absolute atomic E-state index is 0.657. The predicted molar refractivity (Wildman–Crippen MR) is 101 cm³/mol. The van der Waals surface area contributed by atoms with E-state index in [1.165, 1.54) is 0 Å². The van der Waals surface area contributed by atoms with Crippen LogP contribution in [0.4, 0.5) is 0 Å². The van der Waals surface area contributed by atoms with Gasteiger partial charge in [0.25, 0.3) is 0 Å². The largest absolute Gasteiger partial charge is 0.256 e. The Hall–Kier alpha value is -3.47. The lowest BCUT2D eigenvalue weighted by Crippen LogP contribution is -1.99. The lowest BCUT2D eigenvalue weighted by atomic mass is 10.0.